The number of carbonyl (C=O) groups is 1. The highest BCUT2D eigenvalue weighted by molar-refractivity contribution is 6.40. The lowest BCUT2D eigenvalue weighted by atomic mass is 9.72. The predicted octanol–water partition coefficient (Wildman–Crippen LogP) is 1.45. The zero-order valence-electron chi connectivity index (χ0n) is 11.0. The van der Waals surface area contributed by atoms with Crippen LogP contribution < -0.4 is 0 Å². The molecule has 0 spiro atoms. The topological polar surface area (TPSA) is 77.8 Å². The Morgan fingerprint density at radius 1 is 1.42 bits per heavy atom. The van der Waals surface area contributed by atoms with Crippen LogP contribution in [0.15, 0.2) is 24.3 Å². The summed E-state index contributed by atoms with van der Waals surface area (Å²) in [7, 11) is -1.31. The molecule has 0 aromatic heterocycles. The van der Waals surface area contributed by atoms with Crippen molar-refractivity contribution < 1.29 is 19.9 Å². The molecule has 102 valence electrons. The van der Waals surface area contributed by atoms with Crippen molar-refractivity contribution in [1.29, 1.82) is 0 Å². The summed E-state index contributed by atoms with van der Waals surface area (Å²) < 4.78 is 0. The summed E-state index contributed by atoms with van der Waals surface area (Å²) in [6, 6.07) is 7.68. The number of carboxylic acids is 1. The Morgan fingerprint density at radius 2 is 2.11 bits per heavy atom. The number of hydrogen-bond donors (Lipinski definition) is 3. The van der Waals surface area contributed by atoms with E-state index >= 15 is 0 Å². The molecular formula is C14H19BO4. The quantitative estimate of drug-likeness (QED) is 0.702. The van der Waals surface area contributed by atoms with Crippen molar-refractivity contribution in [2.75, 3.05) is 0 Å². The molecule has 1 aliphatic carbocycles. The average Bonchev–Trinajstić information content (AvgIpc) is 2.64. The molecule has 0 aliphatic heterocycles. The fourth-order valence-corrected chi connectivity index (χ4v) is 3.12. The maximum absolute atomic E-state index is 11.7. The van der Waals surface area contributed by atoms with Gasteiger partial charge in [0.05, 0.1) is 5.41 Å². The minimum absolute atomic E-state index is 0.0150. The maximum atomic E-state index is 11.7. The van der Waals surface area contributed by atoms with E-state index in [0.29, 0.717) is 19.2 Å². The largest absolute Gasteiger partial charge is 0.481 e. The van der Waals surface area contributed by atoms with Crippen molar-refractivity contribution in [2.45, 2.75) is 37.9 Å². The second kappa shape index (κ2) is 5.35. The first-order chi connectivity index (χ1) is 8.96. The van der Waals surface area contributed by atoms with Crippen LogP contribution in [0.3, 0.4) is 0 Å². The van der Waals surface area contributed by atoms with Gasteiger partial charge in [-0.1, -0.05) is 30.7 Å². The van der Waals surface area contributed by atoms with Gasteiger partial charge in [0.15, 0.2) is 0 Å². The number of hydrogen-bond acceptors (Lipinski definition) is 3. The van der Waals surface area contributed by atoms with E-state index in [1.54, 1.807) is 6.92 Å². The van der Waals surface area contributed by atoms with Gasteiger partial charge in [-0.25, -0.2) is 0 Å². The van der Waals surface area contributed by atoms with Crippen molar-refractivity contribution in [3.63, 3.8) is 0 Å². The van der Waals surface area contributed by atoms with E-state index in [0.717, 1.165) is 17.5 Å². The first-order valence-corrected chi connectivity index (χ1v) is 6.64. The SMILES string of the molecule is C[C@@]1(C(=O)O)c2ccccc2C[C@@H]1CCCB(O)O. The lowest BCUT2D eigenvalue weighted by Gasteiger charge is -2.28. The van der Waals surface area contributed by atoms with Gasteiger partial charge in [-0.3, -0.25) is 4.79 Å². The second-order valence-corrected chi connectivity index (χ2v) is 5.48. The Labute approximate surface area is 113 Å². The van der Waals surface area contributed by atoms with Gasteiger partial charge < -0.3 is 15.2 Å². The third kappa shape index (κ3) is 2.53. The van der Waals surface area contributed by atoms with E-state index in [1.807, 2.05) is 24.3 Å². The highest BCUT2D eigenvalue weighted by Gasteiger charge is 2.48. The minimum Gasteiger partial charge on any atom is -0.481 e. The number of fused-ring (bicyclic) bond motifs is 1. The molecule has 2 rings (SSSR count). The molecule has 1 aliphatic rings. The van der Waals surface area contributed by atoms with Crippen LogP contribution in [0.2, 0.25) is 6.32 Å². The molecule has 0 unspecified atom stereocenters. The van der Waals surface area contributed by atoms with Crippen LogP contribution >= 0.6 is 0 Å². The van der Waals surface area contributed by atoms with Crippen LogP contribution in [-0.2, 0) is 16.6 Å². The number of rotatable bonds is 5. The predicted molar refractivity (Wildman–Crippen MR) is 72.9 cm³/mol. The molecule has 2 atom stereocenters. The molecule has 1 aromatic carbocycles. The summed E-state index contributed by atoms with van der Waals surface area (Å²) in [5, 5.41) is 27.4. The molecule has 19 heavy (non-hydrogen) atoms. The van der Waals surface area contributed by atoms with Gasteiger partial charge in [0.1, 0.15) is 0 Å². The smallest absolute Gasteiger partial charge is 0.451 e. The lowest BCUT2D eigenvalue weighted by Crippen LogP contribution is -2.37. The fraction of sp³-hybridized carbons (Fsp3) is 0.500. The first-order valence-electron chi connectivity index (χ1n) is 6.64. The van der Waals surface area contributed by atoms with Crippen molar-refractivity contribution in [3.05, 3.63) is 35.4 Å². The lowest BCUT2D eigenvalue weighted by molar-refractivity contribution is -0.145. The fourth-order valence-electron chi connectivity index (χ4n) is 3.12. The molecule has 0 saturated carbocycles. The number of aliphatic carboxylic acids is 1. The molecule has 4 nitrogen and oxygen atoms in total. The molecule has 0 fully saturated rings. The zero-order valence-corrected chi connectivity index (χ0v) is 11.0. The van der Waals surface area contributed by atoms with E-state index in [2.05, 4.69) is 0 Å². The summed E-state index contributed by atoms with van der Waals surface area (Å²) in [4.78, 5) is 11.7. The zero-order chi connectivity index (χ0) is 14.0. The summed E-state index contributed by atoms with van der Waals surface area (Å²) >= 11 is 0. The third-order valence-electron chi connectivity index (χ3n) is 4.32. The van der Waals surface area contributed by atoms with Crippen LogP contribution in [0, 0.1) is 5.92 Å². The molecule has 0 amide bonds. The van der Waals surface area contributed by atoms with Crippen LogP contribution in [0.5, 0.6) is 0 Å². The van der Waals surface area contributed by atoms with Gasteiger partial charge in [0.25, 0.3) is 0 Å². The highest BCUT2D eigenvalue weighted by Crippen LogP contribution is 2.45. The van der Waals surface area contributed by atoms with Crippen molar-refractivity contribution in [3.8, 4) is 0 Å². The van der Waals surface area contributed by atoms with Crippen LogP contribution in [0.1, 0.15) is 30.9 Å². The molecule has 0 bridgehead atoms. The number of benzene rings is 1. The Bertz CT molecular complexity index is 474. The maximum Gasteiger partial charge on any atom is 0.451 e. The van der Waals surface area contributed by atoms with Gasteiger partial charge in [0.2, 0.25) is 0 Å². The van der Waals surface area contributed by atoms with E-state index < -0.39 is 18.5 Å². The molecule has 1 aromatic rings. The van der Waals surface area contributed by atoms with Crippen LogP contribution in [-0.4, -0.2) is 28.2 Å². The highest BCUT2D eigenvalue weighted by atomic mass is 16.4. The molecule has 0 saturated heterocycles. The Hall–Kier alpha value is -1.33. The molecule has 0 radical (unpaired) electrons. The van der Waals surface area contributed by atoms with Gasteiger partial charge >= 0.3 is 13.1 Å². The van der Waals surface area contributed by atoms with Gasteiger partial charge in [0, 0.05) is 0 Å². The minimum atomic E-state index is -1.31. The average molecular weight is 262 g/mol. The Kier molecular flexibility index (Phi) is 3.97. The molecule has 5 heteroatoms. The first kappa shape index (κ1) is 14.1. The van der Waals surface area contributed by atoms with Gasteiger partial charge in [-0.2, -0.15) is 0 Å². The summed E-state index contributed by atoms with van der Waals surface area (Å²) in [6.07, 6.45) is 2.36. The summed E-state index contributed by atoms with van der Waals surface area (Å²) in [5.41, 5.74) is 1.13. The van der Waals surface area contributed by atoms with E-state index in [9.17, 15) is 9.90 Å². The normalized spacial score (nSPS) is 25.1. The van der Waals surface area contributed by atoms with Crippen molar-refractivity contribution in [1.82, 2.24) is 0 Å². The third-order valence-corrected chi connectivity index (χ3v) is 4.32. The van der Waals surface area contributed by atoms with Crippen molar-refractivity contribution in [2.24, 2.45) is 5.92 Å². The number of carboxylic acid groups (broad SMARTS) is 1. The molecular weight excluding hydrogens is 243 g/mol. The summed E-state index contributed by atoms with van der Waals surface area (Å²) in [5.74, 6) is -0.784. The molecule has 3 N–H and O–H groups in total. The van der Waals surface area contributed by atoms with E-state index in [-0.39, 0.29) is 5.92 Å². The molecule has 0 heterocycles. The van der Waals surface area contributed by atoms with E-state index in [4.69, 9.17) is 10.0 Å². The van der Waals surface area contributed by atoms with Gasteiger partial charge in [-0.15, -0.1) is 0 Å². The van der Waals surface area contributed by atoms with Crippen molar-refractivity contribution >= 4 is 13.1 Å². The Morgan fingerprint density at radius 3 is 2.74 bits per heavy atom. The monoisotopic (exact) mass is 262 g/mol. The second-order valence-electron chi connectivity index (χ2n) is 5.48. The van der Waals surface area contributed by atoms with Crippen LogP contribution in [0.4, 0.5) is 0 Å². The van der Waals surface area contributed by atoms with Crippen LogP contribution in [0.25, 0.3) is 0 Å². The summed E-state index contributed by atoms with van der Waals surface area (Å²) in [6.45, 7) is 1.78. The Balaban J connectivity index is 2.20. The van der Waals surface area contributed by atoms with E-state index in [1.165, 1.54) is 0 Å². The van der Waals surface area contributed by atoms with Gasteiger partial charge in [-0.05, 0) is 43.1 Å². The standard InChI is InChI=1S/C14H19BO4/c1-14(13(16)17)11(6-4-8-15(18)19)9-10-5-2-3-7-12(10)14/h2-3,5,7,11,18-19H,4,6,8-9H2,1H3,(H,16,17)/t11-,14-/m0/s1.